The molecule has 1 amide bonds. The molecular formula is C23H28N3O3+. The van der Waals surface area contributed by atoms with E-state index >= 15 is 0 Å². The summed E-state index contributed by atoms with van der Waals surface area (Å²) in [6, 6.07) is 11.9. The van der Waals surface area contributed by atoms with Crippen molar-refractivity contribution in [2.45, 2.75) is 26.3 Å². The number of hydrogen-bond donors (Lipinski definition) is 2. The Balaban J connectivity index is 1.98. The fourth-order valence-corrected chi connectivity index (χ4v) is 3.85. The van der Waals surface area contributed by atoms with Crippen LogP contribution in [0, 0.1) is 0 Å². The summed E-state index contributed by atoms with van der Waals surface area (Å²) in [5.41, 5.74) is 1.37. The molecule has 1 atom stereocenters. The van der Waals surface area contributed by atoms with Crippen LogP contribution in [0.15, 0.2) is 60.4 Å². The zero-order valence-corrected chi connectivity index (χ0v) is 17.0. The first-order chi connectivity index (χ1) is 14.1. The van der Waals surface area contributed by atoms with E-state index in [2.05, 4.69) is 18.8 Å². The number of nitrogens with one attached hydrogen (secondary N) is 1. The first-order valence-electron chi connectivity index (χ1n) is 10.2. The molecule has 1 aliphatic rings. The van der Waals surface area contributed by atoms with Crippen LogP contribution in [0.3, 0.4) is 0 Å². The second kappa shape index (κ2) is 9.47. The highest BCUT2D eigenvalue weighted by atomic mass is 16.3. The highest BCUT2D eigenvalue weighted by Crippen LogP contribution is 2.38. The third-order valence-corrected chi connectivity index (χ3v) is 5.52. The number of Topliss-reactive ketones (excluding diaryl/α,β-unsaturated/α-hetero) is 1. The Hall–Kier alpha value is -2.99. The quantitative estimate of drug-likeness (QED) is 0.407. The van der Waals surface area contributed by atoms with Gasteiger partial charge in [-0.1, -0.05) is 36.4 Å². The lowest BCUT2D eigenvalue weighted by molar-refractivity contribution is -0.896. The van der Waals surface area contributed by atoms with Gasteiger partial charge < -0.3 is 14.9 Å². The molecule has 2 heterocycles. The zero-order valence-electron chi connectivity index (χ0n) is 17.0. The predicted molar refractivity (Wildman–Crippen MR) is 111 cm³/mol. The highest BCUT2D eigenvalue weighted by Gasteiger charge is 2.45. The number of pyridine rings is 1. The number of carbonyl (C=O) groups is 2. The molecule has 152 valence electrons. The number of nitrogens with zero attached hydrogens (tertiary/aromatic N) is 2. The summed E-state index contributed by atoms with van der Waals surface area (Å²) in [6.45, 7) is 7.71. The van der Waals surface area contributed by atoms with Crippen LogP contribution in [0.4, 0.5) is 0 Å². The van der Waals surface area contributed by atoms with Gasteiger partial charge in [0.2, 0.25) is 0 Å². The average molecular weight is 394 g/mol. The Bertz CT molecular complexity index is 877. The van der Waals surface area contributed by atoms with Gasteiger partial charge in [-0.05, 0) is 25.5 Å². The third kappa shape index (κ3) is 4.38. The Morgan fingerprint density at radius 3 is 2.45 bits per heavy atom. The fourth-order valence-electron chi connectivity index (χ4n) is 3.85. The Labute approximate surface area is 171 Å². The van der Waals surface area contributed by atoms with Gasteiger partial charge in [-0.2, -0.15) is 0 Å². The zero-order chi connectivity index (χ0) is 20.8. The van der Waals surface area contributed by atoms with E-state index in [9.17, 15) is 14.7 Å². The number of quaternary nitrogens is 1. The van der Waals surface area contributed by atoms with Gasteiger partial charge >= 0.3 is 0 Å². The summed E-state index contributed by atoms with van der Waals surface area (Å²) in [4.78, 5) is 32.9. The van der Waals surface area contributed by atoms with E-state index in [1.165, 1.54) is 4.90 Å². The Morgan fingerprint density at radius 2 is 1.83 bits per heavy atom. The van der Waals surface area contributed by atoms with E-state index in [-0.39, 0.29) is 11.3 Å². The van der Waals surface area contributed by atoms with Gasteiger partial charge in [-0.25, -0.2) is 0 Å². The maximum atomic E-state index is 12.9. The van der Waals surface area contributed by atoms with Crippen molar-refractivity contribution in [3.8, 4) is 0 Å². The highest BCUT2D eigenvalue weighted by molar-refractivity contribution is 6.46. The van der Waals surface area contributed by atoms with Gasteiger partial charge in [0.1, 0.15) is 5.76 Å². The molecule has 0 aliphatic carbocycles. The number of rotatable bonds is 8. The van der Waals surface area contributed by atoms with Crippen molar-refractivity contribution in [2.75, 3.05) is 26.2 Å². The van der Waals surface area contributed by atoms with E-state index < -0.39 is 17.7 Å². The third-order valence-electron chi connectivity index (χ3n) is 5.52. The maximum Gasteiger partial charge on any atom is 0.295 e. The number of aromatic nitrogens is 1. The number of carbonyl (C=O) groups excluding carboxylic acids is 2. The van der Waals surface area contributed by atoms with Crippen LogP contribution in [0.5, 0.6) is 0 Å². The number of aliphatic hydroxyl groups excluding tert-OH is 1. The molecule has 6 heteroatoms. The molecule has 1 saturated heterocycles. The monoisotopic (exact) mass is 394 g/mol. The summed E-state index contributed by atoms with van der Waals surface area (Å²) >= 11 is 0. The average Bonchev–Trinajstić information content (AvgIpc) is 3.02. The fraction of sp³-hybridized carbons (Fsp3) is 0.348. The molecule has 0 unspecified atom stereocenters. The topological polar surface area (TPSA) is 74.9 Å². The Kier molecular flexibility index (Phi) is 6.77. The maximum absolute atomic E-state index is 12.9. The molecular weight excluding hydrogens is 366 g/mol. The lowest BCUT2D eigenvalue weighted by atomic mass is 9.96. The van der Waals surface area contributed by atoms with Crippen LogP contribution < -0.4 is 4.90 Å². The smallest absolute Gasteiger partial charge is 0.295 e. The summed E-state index contributed by atoms with van der Waals surface area (Å²) in [5.74, 6) is -1.35. The van der Waals surface area contributed by atoms with Gasteiger partial charge in [0.15, 0.2) is 0 Å². The molecule has 1 fully saturated rings. The van der Waals surface area contributed by atoms with E-state index in [1.807, 2.05) is 12.1 Å². The summed E-state index contributed by atoms with van der Waals surface area (Å²) in [7, 11) is 0. The van der Waals surface area contributed by atoms with E-state index in [0.717, 1.165) is 31.6 Å². The molecule has 0 bridgehead atoms. The second-order valence-electron chi connectivity index (χ2n) is 7.21. The lowest BCUT2D eigenvalue weighted by Crippen LogP contribution is -3.11. The first-order valence-corrected chi connectivity index (χ1v) is 10.2. The second-order valence-corrected chi connectivity index (χ2v) is 7.21. The van der Waals surface area contributed by atoms with Gasteiger partial charge in [0.05, 0.1) is 31.2 Å². The van der Waals surface area contributed by atoms with Crippen LogP contribution in [-0.4, -0.2) is 52.9 Å². The van der Waals surface area contributed by atoms with Crippen LogP contribution >= 0.6 is 0 Å². The van der Waals surface area contributed by atoms with Crippen LogP contribution in [0.25, 0.3) is 5.76 Å². The normalized spacial score (nSPS) is 18.6. The number of ketones is 1. The van der Waals surface area contributed by atoms with Crippen LogP contribution in [0.1, 0.15) is 37.4 Å². The van der Waals surface area contributed by atoms with E-state index in [4.69, 9.17) is 0 Å². The van der Waals surface area contributed by atoms with Crippen LogP contribution in [0.2, 0.25) is 0 Å². The van der Waals surface area contributed by atoms with Crippen molar-refractivity contribution in [1.29, 1.82) is 0 Å². The van der Waals surface area contributed by atoms with Gasteiger partial charge in [0, 0.05) is 30.9 Å². The predicted octanol–water partition coefficient (Wildman–Crippen LogP) is 1.82. The lowest BCUT2D eigenvalue weighted by Gasteiger charge is -2.25. The van der Waals surface area contributed by atoms with Crippen LogP contribution in [-0.2, 0) is 9.59 Å². The molecule has 1 aliphatic heterocycles. The number of aliphatic hydroxyl groups is 1. The van der Waals surface area contributed by atoms with Crippen molar-refractivity contribution in [1.82, 2.24) is 9.88 Å². The summed E-state index contributed by atoms with van der Waals surface area (Å²) in [5, 5.41) is 10.9. The molecule has 0 saturated carbocycles. The molecule has 0 spiro atoms. The van der Waals surface area contributed by atoms with Crippen molar-refractivity contribution in [3.05, 3.63) is 71.6 Å². The Morgan fingerprint density at radius 1 is 1.10 bits per heavy atom. The summed E-state index contributed by atoms with van der Waals surface area (Å²) in [6.07, 6.45) is 4.08. The van der Waals surface area contributed by atoms with Gasteiger partial charge in [0.25, 0.3) is 11.7 Å². The molecule has 6 nitrogen and oxygen atoms in total. The number of benzene rings is 1. The van der Waals surface area contributed by atoms with E-state index in [1.54, 1.807) is 47.6 Å². The van der Waals surface area contributed by atoms with Crippen molar-refractivity contribution >= 4 is 17.4 Å². The number of likely N-dealkylation sites (tertiary alicyclic amines) is 1. The molecule has 2 aromatic rings. The largest absolute Gasteiger partial charge is 0.507 e. The van der Waals surface area contributed by atoms with Crippen molar-refractivity contribution in [3.63, 3.8) is 0 Å². The molecule has 0 radical (unpaired) electrons. The minimum atomic E-state index is -0.643. The summed E-state index contributed by atoms with van der Waals surface area (Å²) < 4.78 is 0. The minimum absolute atomic E-state index is 0.129. The van der Waals surface area contributed by atoms with Gasteiger partial charge in [-0.3, -0.25) is 14.6 Å². The first kappa shape index (κ1) is 20.7. The SMILES string of the molecule is CC[NH+](CC)CCCN1C(=O)C(=O)/C(=C(/O)c2ccccc2)[C@@H]1c1cccnc1. The molecule has 2 N–H and O–H groups in total. The van der Waals surface area contributed by atoms with Crippen molar-refractivity contribution in [2.24, 2.45) is 0 Å². The minimum Gasteiger partial charge on any atom is -0.507 e. The standard InChI is InChI=1S/C23H27N3O3/c1-3-25(4-2)14-9-15-26-20(18-12-8-13-24-16-18)19(22(28)23(26)29)21(27)17-10-6-5-7-11-17/h5-8,10-13,16,20,27H,3-4,9,14-15H2,1-2H3/p+1/b21-19+/t20-/m0/s1. The molecule has 1 aromatic heterocycles. The number of hydrogen-bond acceptors (Lipinski definition) is 4. The number of amides is 1. The van der Waals surface area contributed by atoms with Crippen molar-refractivity contribution < 1.29 is 19.6 Å². The molecule has 1 aromatic carbocycles. The van der Waals surface area contributed by atoms with Gasteiger partial charge in [-0.15, -0.1) is 0 Å². The molecule has 29 heavy (non-hydrogen) atoms. The van der Waals surface area contributed by atoms with E-state index in [0.29, 0.717) is 12.1 Å². The molecule has 3 rings (SSSR count).